The van der Waals surface area contributed by atoms with Gasteiger partial charge in [-0.05, 0) is 26.3 Å². The highest BCUT2D eigenvalue weighted by Crippen LogP contribution is 2.06. The SMILES string of the molecule is C=C/C=C\C(=C)CNC(=O)OC(C)(C)C. The van der Waals surface area contributed by atoms with Gasteiger partial charge in [0.2, 0.25) is 0 Å². The van der Waals surface area contributed by atoms with Gasteiger partial charge < -0.3 is 10.1 Å². The van der Waals surface area contributed by atoms with Gasteiger partial charge in [0.25, 0.3) is 0 Å². The van der Waals surface area contributed by atoms with Gasteiger partial charge in [0, 0.05) is 6.54 Å². The lowest BCUT2D eigenvalue weighted by Crippen LogP contribution is -2.33. The zero-order chi connectivity index (χ0) is 11.9. The van der Waals surface area contributed by atoms with E-state index in [1.54, 1.807) is 18.2 Å². The van der Waals surface area contributed by atoms with E-state index in [2.05, 4.69) is 18.5 Å². The van der Waals surface area contributed by atoms with Crippen LogP contribution in [-0.2, 0) is 4.74 Å². The third kappa shape index (κ3) is 8.81. The van der Waals surface area contributed by atoms with Gasteiger partial charge in [-0.25, -0.2) is 4.79 Å². The highest BCUT2D eigenvalue weighted by Gasteiger charge is 2.15. The van der Waals surface area contributed by atoms with Crippen LogP contribution in [0, 0.1) is 0 Å². The summed E-state index contributed by atoms with van der Waals surface area (Å²) in [6.07, 6.45) is 4.76. The number of carbonyl (C=O) groups is 1. The highest BCUT2D eigenvalue weighted by atomic mass is 16.6. The monoisotopic (exact) mass is 209 g/mol. The Morgan fingerprint density at radius 1 is 1.47 bits per heavy atom. The number of hydrogen-bond donors (Lipinski definition) is 1. The first-order chi connectivity index (χ1) is 6.85. The van der Waals surface area contributed by atoms with Crippen molar-refractivity contribution in [3.8, 4) is 0 Å². The Morgan fingerprint density at radius 3 is 2.53 bits per heavy atom. The second-order valence-corrected chi connectivity index (χ2v) is 4.11. The maximum Gasteiger partial charge on any atom is 0.407 e. The van der Waals surface area contributed by atoms with Crippen LogP contribution in [0.15, 0.2) is 37.0 Å². The molecule has 1 amide bonds. The molecule has 1 N–H and O–H groups in total. The normalized spacial score (nSPS) is 11.1. The van der Waals surface area contributed by atoms with Crippen molar-refractivity contribution in [1.82, 2.24) is 5.32 Å². The van der Waals surface area contributed by atoms with Crippen LogP contribution in [0.25, 0.3) is 0 Å². The molecule has 0 aliphatic carbocycles. The number of rotatable bonds is 4. The topological polar surface area (TPSA) is 38.3 Å². The van der Waals surface area contributed by atoms with Gasteiger partial charge in [-0.15, -0.1) is 0 Å². The Bertz CT molecular complexity index is 272. The van der Waals surface area contributed by atoms with Crippen LogP contribution in [-0.4, -0.2) is 18.2 Å². The molecule has 0 radical (unpaired) electrons. The van der Waals surface area contributed by atoms with Crippen LogP contribution in [0.4, 0.5) is 4.79 Å². The summed E-state index contributed by atoms with van der Waals surface area (Å²) in [6, 6.07) is 0. The predicted octanol–water partition coefficient (Wildman–Crippen LogP) is 2.81. The quantitative estimate of drug-likeness (QED) is 0.723. The molecule has 84 valence electrons. The molecule has 0 bridgehead atoms. The molecule has 0 unspecified atom stereocenters. The Kier molecular flexibility index (Phi) is 5.45. The van der Waals surface area contributed by atoms with E-state index in [4.69, 9.17) is 4.74 Å². The fourth-order valence-electron chi connectivity index (χ4n) is 0.763. The number of carbonyl (C=O) groups excluding carboxylic acids is 1. The van der Waals surface area contributed by atoms with Crippen molar-refractivity contribution >= 4 is 6.09 Å². The molecule has 0 spiro atoms. The summed E-state index contributed by atoms with van der Waals surface area (Å²) in [5.74, 6) is 0. The molecule has 3 nitrogen and oxygen atoms in total. The van der Waals surface area contributed by atoms with Gasteiger partial charge in [0.1, 0.15) is 5.60 Å². The van der Waals surface area contributed by atoms with Gasteiger partial charge >= 0.3 is 6.09 Å². The van der Waals surface area contributed by atoms with Crippen molar-refractivity contribution in [3.05, 3.63) is 37.0 Å². The standard InChI is InChI=1S/C12H19NO2/c1-6-7-8-10(2)9-13-11(14)15-12(3,4)5/h6-8H,1-2,9H2,3-5H3,(H,13,14)/b8-7-. The van der Waals surface area contributed by atoms with E-state index in [1.165, 1.54) is 0 Å². The predicted molar refractivity (Wildman–Crippen MR) is 62.7 cm³/mol. The van der Waals surface area contributed by atoms with Gasteiger partial charge in [0.05, 0.1) is 0 Å². The van der Waals surface area contributed by atoms with Crippen LogP contribution in [0.3, 0.4) is 0 Å². The second-order valence-electron chi connectivity index (χ2n) is 4.11. The van der Waals surface area contributed by atoms with E-state index in [1.807, 2.05) is 20.8 Å². The molecule has 0 aliphatic rings. The summed E-state index contributed by atoms with van der Waals surface area (Å²) in [6.45, 7) is 13.1. The Labute approximate surface area is 91.5 Å². The molecular weight excluding hydrogens is 190 g/mol. The van der Waals surface area contributed by atoms with Crippen molar-refractivity contribution in [3.63, 3.8) is 0 Å². The van der Waals surface area contributed by atoms with Crippen molar-refractivity contribution in [2.45, 2.75) is 26.4 Å². The first kappa shape index (κ1) is 13.5. The molecule has 0 saturated heterocycles. The number of hydrogen-bond acceptors (Lipinski definition) is 2. The molecule has 3 heteroatoms. The summed E-state index contributed by atoms with van der Waals surface area (Å²) in [5, 5.41) is 2.60. The number of nitrogens with one attached hydrogen (secondary N) is 1. The van der Waals surface area contributed by atoms with E-state index < -0.39 is 11.7 Å². The molecule has 0 aliphatic heterocycles. The zero-order valence-electron chi connectivity index (χ0n) is 9.67. The fourth-order valence-corrected chi connectivity index (χ4v) is 0.763. The van der Waals surface area contributed by atoms with Crippen LogP contribution < -0.4 is 5.32 Å². The zero-order valence-corrected chi connectivity index (χ0v) is 9.67. The third-order valence-electron chi connectivity index (χ3n) is 1.33. The summed E-state index contributed by atoms with van der Waals surface area (Å²) in [5.41, 5.74) is 0.323. The average molecular weight is 209 g/mol. The summed E-state index contributed by atoms with van der Waals surface area (Å²) < 4.78 is 5.06. The van der Waals surface area contributed by atoms with Gasteiger partial charge in [-0.1, -0.05) is 31.4 Å². The Morgan fingerprint density at radius 2 is 2.07 bits per heavy atom. The minimum Gasteiger partial charge on any atom is -0.444 e. The molecule has 0 aromatic carbocycles. The van der Waals surface area contributed by atoms with Crippen molar-refractivity contribution in [2.75, 3.05) is 6.54 Å². The first-order valence-electron chi connectivity index (χ1n) is 4.79. The van der Waals surface area contributed by atoms with E-state index in [0.29, 0.717) is 6.54 Å². The average Bonchev–Trinajstić information content (AvgIpc) is 2.08. The molecule has 0 atom stereocenters. The van der Waals surface area contributed by atoms with Crippen molar-refractivity contribution in [1.29, 1.82) is 0 Å². The highest BCUT2D eigenvalue weighted by molar-refractivity contribution is 5.68. The van der Waals surface area contributed by atoms with Crippen molar-refractivity contribution in [2.24, 2.45) is 0 Å². The molecule has 15 heavy (non-hydrogen) atoms. The Balaban J connectivity index is 3.86. The first-order valence-corrected chi connectivity index (χ1v) is 4.79. The minimum absolute atomic E-state index is 0.374. The number of allylic oxidation sites excluding steroid dienone is 2. The second kappa shape index (κ2) is 6.06. The molecule has 0 aromatic heterocycles. The molecule has 0 saturated carbocycles. The lowest BCUT2D eigenvalue weighted by Gasteiger charge is -2.19. The number of alkyl carbamates (subject to hydrolysis) is 1. The summed E-state index contributed by atoms with van der Waals surface area (Å²) in [7, 11) is 0. The molecular formula is C12H19NO2. The lowest BCUT2D eigenvalue weighted by atomic mass is 10.2. The van der Waals surface area contributed by atoms with E-state index >= 15 is 0 Å². The molecule has 0 aromatic rings. The van der Waals surface area contributed by atoms with Gasteiger partial charge in [-0.3, -0.25) is 0 Å². The fraction of sp³-hybridized carbons (Fsp3) is 0.417. The van der Waals surface area contributed by atoms with E-state index in [9.17, 15) is 4.79 Å². The number of ether oxygens (including phenoxy) is 1. The smallest absolute Gasteiger partial charge is 0.407 e. The van der Waals surface area contributed by atoms with Crippen LogP contribution in [0.2, 0.25) is 0 Å². The summed E-state index contributed by atoms with van der Waals surface area (Å²) in [4.78, 5) is 11.2. The molecule has 0 fully saturated rings. The van der Waals surface area contributed by atoms with Crippen LogP contribution in [0.5, 0.6) is 0 Å². The summed E-state index contributed by atoms with van der Waals surface area (Å²) >= 11 is 0. The lowest BCUT2D eigenvalue weighted by molar-refractivity contribution is 0.0533. The molecule has 0 rings (SSSR count). The minimum atomic E-state index is -0.470. The van der Waals surface area contributed by atoms with E-state index in [-0.39, 0.29) is 0 Å². The maximum atomic E-state index is 11.2. The van der Waals surface area contributed by atoms with Crippen molar-refractivity contribution < 1.29 is 9.53 Å². The van der Waals surface area contributed by atoms with Crippen LogP contribution in [0.1, 0.15) is 20.8 Å². The number of amides is 1. The van der Waals surface area contributed by atoms with E-state index in [0.717, 1.165) is 5.57 Å². The van der Waals surface area contributed by atoms with Crippen LogP contribution >= 0.6 is 0 Å². The van der Waals surface area contributed by atoms with Gasteiger partial charge in [-0.2, -0.15) is 0 Å². The largest absolute Gasteiger partial charge is 0.444 e. The molecule has 0 heterocycles. The maximum absolute atomic E-state index is 11.2. The Hall–Kier alpha value is -1.51. The third-order valence-corrected chi connectivity index (χ3v) is 1.33. The van der Waals surface area contributed by atoms with Gasteiger partial charge in [0.15, 0.2) is 0 Å².